The van der Waals surface area contributed by atoms with Gasteiger partial charge in [-0.2, -0.15) is 0 Å². The number of nitrogens with zero attached hydrogens (tertiary/aromatic N) is 2. The summed E-state index contributed by atoms with van der Waals surface area (Å²) < 4.78 is 10.5. The Hall–Kier alpha value is -3.87. The number of benzene rings is 2. The van der Waals surface area contributed by atoms with Crippen molar-refractivity contribution in [1.82, 2.24) is 10.3 Å². The van der Waals surface area contributed by atoms with Gasteiger partial charge in [0.15, 0.2) is 11.5 Å². The van der Waals surface area contributed by atoms with Crippen molar-refractivity contribution in [1.29, 1.82) is 0 Å². The molecule has 0 spiro atoms. The number of carbonyl (C=O) groups excluding carboxylic acids is 1. The zero-order valence-electron chi connectivity index (χ0n) is 18.1. The molecule has 0 saturated heterocycles. The molecular weight excluding hydrogens is 392 g/mol. The van der Waals surface area contributed by atoms with E-state index in [-0.39, 0.29) is 5.91 Å². The highest BCUT2D eigenvalue weighted by atomic mass is 16.5. The van der Waals surface area contributed by atoms with Crippen LogP contribution in [0.4, 0.5) is 5.69 Å². The van der Waals surface area contributed by atoms with Crippen molar-refractivity contribution in [3.05, 3.63) is 83.2 Å². The fourth-order valence-corrected chi connectivity index (χ4v) is 2.93. The molecule has 3 rings (SSSR count). The summed E-state index contributed by atoms with van der Waals surface area (Å²) in [7, 11) is 3.08. The second-order valence-corrected chi connectivity index (χ2v) is 6.99. The smallest absolute Gasteiger partial charge is 0.258 e. The van der Waals surface area contributed by atoms with Crippen LogP contribution in [0.15, 0.2) is 65.9 Å². The van der Waals surface area contributed by atoms with Gasteiger partial charge in [-0.05, 0) is 60.9 Å². The molecule has 0 atom stereocenters. The lowest BCUT2D eigenvalue weighted by atomic mass is 10.1. The largest absolute Gasteiger partial charge is 0.493 e. The summed E-state index contributed by atoms with van der Waals surface area (Å²) in [6.45, 7) is 4.38. The zero-order chi connectivity index (χ0) is 22.2. The number of pyridine rings is 1. The van der Waals surface area contributed by atoms with Gasteiger partial charge in [0.1, 0.15) is 0 Å². The van der Waals surface area contributed by atoms with Crippen LogP contribution in [0.2, 0.25) is 0 Å². The Kier molecular flexibility index (Phi) is 7.22. The van der Waals surface area contributed by atoms with Gasteiger partial charge in [0, 0.05) is 23.6 Å². The molecule has 7 nitrogen and oxygen atoms in total. The molecule has 2 N–H and O–H groups in total. The van der Waals surface area contributed by atoms with Crippen molar-refractivity contribution < 1.29 is 14.3 Å². The Morgan fingerprint density at radius 3 is 2.55 bits per heavy atom. The number of aromatic nitrogens is 1. The molecule has 1 amide bonds. The lowest BCUT2D eigenvalue weighted by Gasteiger charge is -2.15. The maximum Gasteiger partial charge on any atom is 0.258 e. The van der Waals surface area contributed by atoms with E-state index >= 15 is 0 Å². The third-order valence-corrected chi connectivity index (χ3v) is 4.67. The van der Waals surface area contributed by atoms with Gasteiger partial charge in [-0.3, -0.25) is 15.1 Å². The van der Waals surface area contributed by atoms with E-state index in [0.717, 1.165) is 22.4 Å². The molecule has 0 aliphatic heterocycles. The zero-order valence-corrected chi connectivity index (χ0v) is 18.1. The Labute approximate surface area is 182 Å². The first-order chi connectivity index (χ1) is 15.0. The molecule has 3 aromatic rings. The van der Waals surface area contributed by atoms with Crippen molar-refractivity contribution in [2.24, 2.45) is 4.99 Å². The number of guanidine groups is 1. The first kappa shape index (κ1) is 21.8. The first-order valence-electron chi connectivity index (χ1n) is 9.81. The number of amides is 1. The lowest BCUT2D eigenvalue weighted by Crippen LogP contribution is -2.36. The fraction of sp³-hybridized carbons (Fsp3) is 0.208. The van der Waals surface area contributed by atoms with E-state index in [1.54, 1.807) is 37.7 Å². The van der Waals surface area contributed by atoms with E-state index in [1.165, 1.54) is 7.11 Å². The average molecular weight is 418 g/mol. The summed E-state index contributed by atoms with van der Waals surface area (Å²) in [5, 5.41) is 6.12. The lowest BCUT2D eigenvalue weighted by molar-refractivity contribution is 0.0976. The minimum absolute atomic E-state index is 0.316. The van der Waals surface area contributed by atoms with Crippen LogP contribution in [0.5, 0.6) is 11.5 Å². The van der Waals surface area contributed by atoms with Gasteiger partial charge in [0.2, 0.25) is 5.96 Å². The van der Waals surface area contributed by atoms with Crippen molar-refractivity contribution >= 4 is 17.6 Å². The number of hydrogen-bond donors (Lipinski definition) is 2. The molecule has 0 bridgehead atoms. The maximum absolute atomic E-state index is 12.9. The molecule has 31 heavy (non-hydrogen) atoms. The summed E-state index contributed by atoms with van der Waals surface area (Å²) in [6, 6.07) is 14.8. The van der Waals surface area contributed by atoms with Gasteiger partial charge in [0.25, 0.3) is 5.91 Å². The minimum atomic E-state index is -0.316. The van der Waals surface area contributed by atoms with E-state index in [0.29, 0.717) is 29.6 Å². The number of hydrogen-bond acceptors (Lipinski definition) is 5. The molecular formula is C24H26N4O3. The Balaban J connectivity index is 1.86. The number of ether oxygens (including phenoxy) is 2. The quantitative estimate of drug-likeness (QED) is 0.465. The second-order valence-electron chi connectivity index (χ2n) is 6.99. The van der Waals surface area contributed by atoms with Crippen LogP contribution in [-0.2, 0) is 6.54 Å². The molecule has 160 valence electrons. The van der Waals surface area contributed by atoms with E-state index in [4.69, 9.17) is 9.47 Å². The van der Waals surface area contributed by atoms with E-state index in [1.807, 2.05) is 44.2 Å². The van der Waals surface area contributed by atoms with Gasteiger partial charge in [-0.25, -0.2) is 4.99 Å². The summed E-state index contributed by atoms with van der Waals surface area (Å²) in [5.41, 5.74) is 4.38. The van der Waals surface area contributed by atoms with Crippen LogP contribution in [-0.4, -0.2) is 31.1 Å². The number of carbonyl (C=O) groups is 1. The normalized spacial score (nSPS) is 11.0. The molecule has 0 saturated carbocycles. The maximum atomic E-state index is 12.9. The molecule has 0 aliphatic rings. The number of rotatable bonds is 6. The highest BCUT2D eigenvalue weighted by molar-refractivity contribution is 6.10. The number of aliphatic imine (C=N–C) groups is 1. The van der Waals surface area contributed by atoms with Crippen LogP contribution in [0.3, 0.4) is 0 Å². The van der Waals surface area contributed by atoms with Crippen molar-refractivity contribution in [3.63, 3.8) is 0 Å². The number of aryl methyl sites for hydroxylation is 2. The van der Waals surface area contributed by atoms with E-state index in [9.17, 15) is 4.79 Å². The summed E-state index contributed by atoms with van der Waals surface area (Å²) >= 11 is 0. The van der Waals surface area contributed by atoms with Crippen LogP contribution in [0.1, 0.15) is 27.0 Å². The number of anilines is 1. The molecule has 0 aliphatic carbocycles. The van der Waals surface area contributed by atoms with Gasteiger partial charge in [-0.1, -0.05) is 18.2 Å². The van der Waals surface area contributed by atoms with Gasteiger partial charge < -0.3 is 14.8 Å². The summed E-state index contributed by atoms with van der Waals surface area (Å²) in [4.78, 5) is 21.6. The van der Waals surface area contributed by atoms with Gasteiger partial charge in [0.05, 0.1) is 20.8 Å². The average Bonchev–Trinajstić information content (AvgIpc) is 2.79. The van der Waals surface area contributed by atoms with Crippen LogP contribution < -0.4 is 20.1 Å². The molecule has 7 heteroatoms. The van der Waals surface area contributed by atoms with Crippen molar-refractivity contribution in [2.45, 2.75) is 20.4 Å². The minimum Gasteiger partial charge on any atom is -0.493 e. The summed E-state index contributed by atoms with van der Waals surface area (Å²) in [5.74, 6) is 1.06. The molecule has 1 heterocycles. The second kappa shape index (κ2) is 10.2. The Morgan fingerprint density at radius 1 is 1.03 bits per heavy atom. The van der Waals surface area contributed by atoms with Crippen molar-refractivity contribution in [2.75, 3.05) is 19.5 Å². The van der Waals surface area contributed by atoms with Crippen LogP contribution in [0, 0.1) is 13.8 Å². The highest BCUT2D eigenvalue weighted by Crippen LogP contribution is 2.27. The van der Waals surface area contributed by atoms with E-state index < -0.39 is 0 Å². The third kappa shape index (κ3) is 5.82. The van der Waals surface area contributed by atoms with Gasteiger partial charge in [-0.15, -0.1) is 0 Å². The molecule has 0 unspecified atom stereocenters. The molecule has 0 radical (unpaired) electrons. The molecule has 1 aromatic heterocycles. The Bertz CT molecular complexity index is 1080. The predicted molar refractivity (Wildman–Crippen MR) is 122 cm³/mol. The fourth-order valence-electron chi connectivity index (χ4n) is 2.93. The standard InChI is InChI=1S/C24H26N4O3/c1-16-7-8-17(2)20(12-16)27-24(26-15-18-6-5-11-25-14-18)28-23(29)19-9-10-21(30-3)22(13-19)31-4/h5-14H,15H2,1-4H3,(H2,26,27,28,29). The van der Waals surface area contributed by atoms with E-state index in [2.05, 4.69) is 20.6 Å². The van der Waals surface area contributed by atoms with Crippen molar-refractivity contribution in [3.8, 4) is 11.5 Å². The predicted octanol–water partition coefficient (Wildman–Crippen LogP) is 4.11. The molecule has 0 fully saturated rings. The van der Waals surface area contributed by atoms with Gasteiger partial charge >= 0.3 is 0 Å². The first-order valence-corrected chi connectivity index (χ1v) is 9.81. The number of nitrogens with one attached hydrogen (secondary N) is 2. The third-order valence-electron chi connectivity index (χ3n) is 4.67. The summed E-state index contributed by atoms with van der Waals surface area (Å²) in [6.07, 6.45) is 3.45. The van der Waals surface area contributed by atoms with Crippen LogP contribution >= 0.6 is 0 Å². The highest BCUT2D eigenvalue weighted by Gasteiger charge is 2.14. The molecule has 2 aromatic carbocycles. The topological polar surface area (TPSA) is 84.8 Å². The SMILES string of the molecule is COc1ccc(C(=O)NC(=NCc2cccnc2)Nc2cc(C)ccc2C)cc1OC. The monoisotopic (exact) mass is 418 g/mol. The van der Waals surface area contributed by atoms with Crippen LogP contribution in [0.25, 0.3) is 0 Å². The Morgan fingerprint density at radius 2 is 1.84 bits per heavy atom. The number of methoxy groups -OCH3 is 2.